The molecule has 1 aliphatic heterocycles. The molecule has 0 N–H and O–H groups in total. The number of hydrogen-bond acceptors (Lipinski definition) is 2. The summed E-state index contributed by atoms with van der Waals surface area (Å²) >= 11 is 0. The minimum Gasteiger partial charge on any atom is -0.341 e. The van der Waals surface area contributed by atoms with Gasteiger partial charge in [0.15, 0.2) is 0 Å². The fourth-order valence-electron chi connectivity index (χ4n) is 2.36. The molecule has 0 radical (unpaired) electrons. The van der Waals surface area contributed by atoms with Crippen molar-refractivity contribution in [3.63, 3.8) is 0 Å². The molecule has 1 heterocycles. The zero-order valence-electron chi connectivity index (χ0n) is 11.0. The molecule has 0 aromatic carbocycles. The molecule has 17 heavy (non-hydrogen) atoms. The van der Waals surface area contributed by atoms with E-state index in [0.717, 1.165) is 13.1 Å². The summed E-state index contributed by atoms with van der Waals surface area (Å²) in [6, 6.07) is 0. The maximum absolute atomic E-state index is 12.0. The second-order valence-electron chi connectivity index (χ2n) is 5.06. The van der Waals surface area contributed by atoms with Crippen molar-refractivity contribution in [2.45, 2.75) is 27.2 Å². The van der Waals surface area contributed by atoms with Crippen LogP contribution >= 0.6 is 0 Å². The van der Waals surface area contributed by atoms with Crippen LogP contribution in [0, 0.1) is 11.8 Å². The van der Waals surface area contributed by atoms with Crippen LogP contribution in [0.4, 0.5) is 0 Å². The average Bonchev–Trinajstić information content (AvgIpc) is 2.25. The summed E-state index contributed by atoms with van der Waals surface area (Å²) in [6.45, 7) is 7.89. The van der Waals surface area contributed by atoms with Crippen LogP contribution in [0.2, 0.25) is 0 Å². The molecule has 0 aromatic heterocycles. The summed E-state index contributed by atoms with van der Waals surface area (Å²) in [4.78, 5) is 13.9. The quantitative estimate of drug-likeness (QED) is 0.720. The molecule has 3 atom stereocenters. The number of piperidine rings is 1. The number of amides is 1. The molecule has 0 aromatic rings. The summed E-state index contributed by atoms with van der Waals surface area (Å²) in [5, 5.41) is 0. The minimum atomic E-state index is -1.05. The third-order valence-electron chi connectivity index (χ3n) is 3.02. The number of likely N-dealkylation sites (tertiary alicyclic amines) is 1. The fourth-order valence-corrected chi connectivity index (χ4v) is 3.34. The van der Waals surface area contributed by atoms with Gasteiger partial charge in [-0.1, -0.05) is 26.0 Å². The zero-order valence-corrected chi connectivity index (χ0v) is 11.8. The summed E-state index contributed by atoms with van der Waals surface area (Å²) in [6.07, 6.45) is 4.91. The van der Waals surface area contributed by atoms with Crippen molar-refractivity contribution >= 4 is 16.7 Å². The Labute approximate surface area is 107 Å². The second kappa shape index (κ2) is 6.94. The molecule has 1 fully saturated rings. The summed E-state index contributed by atoms with van der Waals surface area (Å²) in [5.41, 5.74) is 0. The number of rotatable bonds is 4. The Kier molecular flexibility index (Phi) is 5.89. The molecular formula is C13H23NO2S. The molecule has 1 amide bonds. The van der Waals surface area contributed by atoms with Crippen LogP contribution in [0.1, 0.15) is 27.2 Å². The van der Waals surface area contributed by atoms with Crippen LogP contribution in [-0.4, -0.2) is 39.6 Å². The smallest absolute Gasteiger partial charge is 0.235 e. The lowest BCUT2D eigenvalue weighted by Gasteiger charge is -2.34. The van der Waals surface area contributed by atoms with Crippen LogP contribution in [0.25, 0.3) is 0 Å². The largest absolute Gasteiger partial charge is 0.341 e. The first-order chi connectivity index (χ1) is 8.02. The van der Waals surface area contributed by atoms with E-state index in [-0.39, 0.29) is 11.7 Å². The normalized spacial score (nSPS) is 27.4. The van der Waals surface area contributed by atoms with Gasteiger partial charge < -0.3 is 4.90 Å². The predicted octanol–water partition coefficient (Wildman–Crippen LogP) is 1.82. The summed E-state index contributed by atoms with van der Waals surface area (Å²) in [7, 11) is -1.05. The SMILES string of the molecule is C/C=C/CS(=O)CC(=O)N1CC(C)CC(C)C1. The molecule has 1 rings (SSSR count). The lowest BCUT2D eigenvalue weighted by molar-refractivity contribution is -0.131. The highest BCUT2D eigenvalue weighted by atomic mass is 32.2. The van der Waals surface area contributed by atoms with E-state index in [1.165, 1.54) is 6.42 Å². The molecule has 1 saturated heterocycles. The van der Waals surface area contributed by atoms with E-state index >= 15 is 0 Å². The Morgan fingerprint density at radius 2 is 1.94 bits per heavy atom. The standard InChI is InChI=1S/C13H23NO2S/c1-4-5-6-17(16)10-13(15)14-8-11(2)7-12(3)9-14/h4-5,11-12H,6-10H2,1-3H3/b5-4+. The number of allylic oxidation sites excluding steroid dienone is 1. The van der Waals surface area contributed by atoms with Gasteiger partial charge in [-0.3, -0.25) is 9.00 Å². The molecule has 98 valence electrons. The molecule has 3 nitrogen and oxygen atoms in total. The van der Waals surface area contributed by atoms with Crippen molar-refractivity contribution < 1.29 is 9.00 Å². The van der Waals surface area contributed by atoms with E-state index < -0.39 is 10.8 Å². The van der Waals surface area contributed by atoms with Gasteiger partial charge in [0.25, 0.3) is 0 Å². The van der Waals surface area contributed by atoms with E-state index in [1.54, 1.807) is 0 Å². The maximum Gasteiger partial charge on any atom is 0.235 e. The molecule has 1 aliphatic rings. The van der Waals surface area contributed by atoms with Gasteiger partial charge in [-0.2, -0.15) is 0 Å². The molecular weight excluding hydrogens is 234 g/mol. The molecule has 0 spiro atoms. The van der Waals surface area contributed by atoms with Gasteiger partial charge in [0.2, 0.25) is 5.91 Å². The van der Waals surface area contributed by atoms with E-state index in [2.05, 4.69) is 13.8 Å². The molecule has 0 bridgehead atoms. The third kappa shape index (κ3) is 5.02. The topological polar surface area (TPSA) is 37.4 Å². The Balaban J connectivity index is 2.44. The van der Waals surface area contributed by atoms with Crippen molar-refractivity contribution in [2.75, 3.05) is 24.6 Å². The van der Waals surface area contributed by atoms with Crippen LogP contribution < -0.4 is 0 Å². The molecule has 3 unspecified atom stereocenters. The van der Waals surface area contributed by atoms with E-state index in [1.807, 2.05) is 24.0 Å². The molecule has 0 aliphatic carbocycles. The van der Waals surface area contributed by atoms with Gasteiger partial charge in [0, 0.05) is 29.6 Å². The van der Waals surface area contributed by atoms with E-state index in [9.17, 15) is 9.00 Å². The number of nitrogens with zero attached hydrogens (tertiary/aromatic N) is 1. The molecule has 0 saturated carbocycles. The van der Waals surface area contributed by atoms with E-state index in [0.29, 0.717) is 17.6 Å². The van der Waals surface area contributed by atoms with Crippen molar-refractivity contribution in [1.82, 2.24) is 4.90 Å². The number of hydrogen-bond donors (Lipinski definition) is 0. The van der Waals surface area contributed by atoms with Crippen molar-refractivity contribution in [3.05, 3.63) is 12.2 Å². The van der Waals surface area contributed by atoms with Gasteiger partial charge in [-0.15, -0.1) is 0 Å². The van der Waals surface area contributed by atoms with Crippen molar-refractivity contribution in [3.8, 4) is 0 Å². The Morgan fingerprint density at radius 1 is 1.35 bits per heavy atom. The summed E-state index contributed by atoms with van der Waals surface area (Å²) in [5.74, 6) is 1.83. The monoisotopic (exact) mass is 257 g/mol. The van der Waals surface area contributed by atoms with Gasteiger partial charge in [-0.25, -0.2) is 0 Å². The highest BCUT2D eigenvalue weighted by Gasteiger charge is 2.25. The highest BCUT2D eigenvalue weighted by Crippen LogP contribution is 2.20. The molecule has 4 heteroatoms. The van der Waals surface area contributed by atoms with E-state index in [4.69, 9.17) is 0 Å². The number of carbonyl (C=O) groups is 1. The lowest BCUT2D eigenvalue weighted by Crippen LogP contribution is -2.44. The van der Waals surface area contributed by atoms with Gasteiger partial charge >= 0.3 is 0 Å². The van der Waals surface area contributed by atoms with Crippen molar-refractivity contribution in [1.29, 1.82) is 0 Å². The Bertz CT molecular complexity index is 305. The average molecular weight is 257 g/mol. The van der Waals surface area contributed by atoms with Crippen LogP contribution in [0.3, 0.4) is 0 Å². The highest BCUT2D eigenvalue weighted by molar-refractivity contribution is 7.85. The summed E-state index contributed by atoms with van der Waals surface area (Å²) < 4.78 is 11.6. The third-order valence-corrected chi connectivity index (χ3v) is 4.16. The minimum absolute atomic E-state index is 0.0474. The Hall–Kier alpha value is -0.640. The number of carbonyl (C=O) groups excluding carboxylic acids is 1. The predicted molar refractivity (Wildman–Crippen MR) is 72.2 cm³/mol. The van der Waals surface area contributed by atoms with Crippen LogP contribution in [0.5, 0.6) is 0 Å². The Morgan fingerprint density at radius 3 is 2.47 bits per heavy atom. The maximum atomic E-state index is 12.0. The first-order valence-electron chi connectivity index (χ1n) is 6.26. The zero-order chi connectivity index (χ0) is 12.8. The lowest BCUT2D eigenvalue weighted by atomic mass is 9.92. The first-order valence-corrected chi connectivity index (χ1v) is 7.75. The van der Waals surface area contributed by atoms with Crippen LogP contribution in [-0.2, 0) is 15.6 Å². The van der Waals surface area contributed by atoms with Crippen LogP contribution in [0.15, 0.2) is 12.2 Å². The first kappa shape index (κ1) is 14.4. The second-order valence-corrected chi connectivity index (χ2v) is 6.57. The van der Waals surface area contributed by atoms with Gasteiger partial charge in [0.05, 0.1) is 0 Å². The van der Waals surface area contributed by atoms with Gasteiger partial charge in [0.1, 0.15) is 5.75 Å². The fraction of sp³-hybridized carbons (Fsp3) is 0.769. The van der Waals surface area contributed by atoms with Crippen molar-refractivity contribution in [2.24, 2.45) is 11.8 Å². The van der Waals surface area contributed by atoms with Gasteiger partial charge in [-0.05, 0) is 25.2 Å².